The molecule has 0 saturated heterocycles. The maximum Gasteiger partial charge on any atom is 0.115 e. The van der Waals surface area contributed by atoms with Crippen LogP contribution < -0.4 is 4.90 Å². The van der Waals surface area contributed by atoms with E-state index < -0.39 is 0 Å². The topological polar surface area (TPSA) is 41.9 Å². The summed E-state index contributed by atoms with van der Waals surface area (Å²) in [5.74, 6) is 0. The maximum absolute atomic E-state index is 4.30. The van der Waals surface area contributed by atoms with E-state index in [0.717, 1.165) is 19.5 Å². The smallest absolute Gasteiger partial charge is 0.115 e. The van der Waals surface area contributed by atoms with Gasteiger partial charge in [-0.25, -0.2) is 9.97 Å². The largest absolute Gasteiger partial charge is 0.367 e. The van der Waals surface area contributed by atoms with Crippen molar-refractivity contribution in [2.75, 3.05) is 11.4 Å². The van der Waals surface area contributed by atoms with Crippen LogP contribution in [-0.2, 0) is 13.0 Å². The molecular formula is C12H12N4. The Morgan fingerprint density at radius 3 is 2.88 bits per heavy atom. The van der Waals surface area contributed by atoms with E-state index in [-0.39, 0.29) is 0 Å². The quantitative estimate of drug-likeness (QED) is 0.717. The van der Waals surface area contributed by atoms with E-state index in [4.69, 9.17) is 0 Å². The van der Waals surface area contributed by atoms with Gasteiger partial charge in [0, 0.05) is 49.4 Å². The molecule has 0 atom stereocenters. The minimum Gasteiger partial charge on any atom is -0.367 e. The van der Waals surface area contributed by atoms with E-state index in [9.17, 15) is 0 Å². The minimum atomic E-state index is 0.889. The molecule has 0 saturated carbocycles. The number of aromatic nitrogens is 3. The van der Waals surface area contributed by atoms with Gasteiger partial charge in [0.15, 0.2) is 0 Å². The number of hydrogen-bond donors (Lipinski definition) is 0. The van der Waals surface area contributed by atoms with Gasteiger partial charge in [-0.1, -0.05) is 0 Å². The van der Waals surface area contributed by atoms with Gasteiger partial charge in [0.25, 0.3) is 0 Å². The second-order valence-corrected chi connectivity index (χ2v) is 3.87. The number of fused-ring (bicyclic) bond motifs is 1. The molecule has 0 aromatic carbocycles. The number of nitrogens with zero attached hydrogens (tertiary/aromatic N) is 4. The Morgan fingerprint density at radius 1 is 1.12 bits per heavy atom. The number of anilines is 1. The lowest BCUT2D eigenvalue weighted by molar-refractivity contribution is 0.704. The highest BCUT2D eigenvalue weighted by atomic mass is 15.1. The molecule has 0 aliphatic carbocycles. The zero-order valence-electron chi connectivity index (χ0n) is 8.87. The summed E-state index contributed by atoms with van der Waals surface area (Å²) in [5, 5.41) is 0. The van der Waals surface area contributed by atoms with Gasteiger partial charge >= 0.3 is 0 Å². The maximum atomic E-state index is 4.30. The highest BCUT2D eigenvalue weighted by Gasteiger charge is 2.17. The van der Waals surface area contributed by atoms with Gasteiger partial charge in [0.2, 0.25) is 0 Å². The predicted molar refractivity (Wildman–Crippen MR) is 61.0 cm³/mol. The zero-order chi connectivity index (χ0) is 10.8. The van der Waals surface area contributed by atoms with Crippen LogP contribution in [0.25, 0.3) is 0 Å². The molecule has 4 heteroatoms. The van der Waals surface area contributed by atoms with Gasteiger partial charge in [-0.3, -0.25) is 4.98 Å². The third kappa shape index (κ3) is 1.62. The Bertz CT molecular complexity index is 483. The average molecular weight is 212 g/mol. The molecule has 0 radical (unpaired) electrons. The lowest BCUT2D eigenvalue weighted by Crippen LogP contribution is -2.30. The highest BCUT2D eigenvalue weighted by molar-refractivity contribution is 5.47. The van der Waals surface area contributed by atoms with Crippen LogP contribution in [0.3, 0.4) is 0 Å². The molecular weight excluding hydrogens is 200 g/mol. The summed E-state index contributed by atoms with van der Waals surface area (Å²) >= 11 is 0. The normalized spacial score (nSPS) is 14.6. The SMILES string of the molecule is c1cc(N2CCc3ncncc3C2)ccn1. The Kier molecular flexibility index (Phi) is 2.25. The summed E-state index contributed by atoms with van der Waals surface area (Å²) in [6.45, 7) is 1.90. The van der Waals surface area contributed by atoms with Gasteiger partial charge in [0.1, 0.15) is 6.33 Å². The number of pyridine rings is 1. The van der Waals surface area contributed by atoms with Crippen molar-refractivity contribution in [2.45, 2.75) is 13.0 Å². The summed E-state index contributed by atoms with van der Waals surface area (Å²) in [6.07, 6.45) is 8.18. The molecule has 0 bridgehead atoms. The van der Waals surface area contributed by atoms with Crippen LogP contribution >= 0.6 is 0 Å². The van der Waals surface area contributed by atoms with Crippen LogP contribution in [0.15, 0.2) is 37.1 Å². The molecule has 2 aromatic heterocycles. The van der Waals surface area contributed by atoms with Crippen molar-refractivity contribution in [1.29, 1.82) is 0 Å². The fourth-order valence-corrected chi connectivity index (χ4v) is 2.04. The Hall–Kier alpha value is -1.97. The highest BCUT2D eigenvalue weighted by Crippen LogP contribution is 2.21. The van der Waals surface area contributed by atoms with E-state index in [1.165, 1.54) is 16.9 Å². The van der Waals surface area contributed by atoms with Crippen molar-refractivity contribution in [3.63, 3.8) is 0 Å². The van der Waals surface area contributed by atoms with Gasteiger partial charge in [-0.05, 0) is 12.1 Å². The molecule has 0 N–H and O–H groups in total. The van der Waals surface area contributed by atoms with Crippen LogP contribution in [0.4, 0.5) is 5.69 Å². The monoisotopic (exact) mass is 212 g/mol. The molecule has 0 unspecified atom stereocenters. The van der Waals surface area contributed by atoms with Gasteiger partial charge in [0.05, 0.1) is 5.69 Å². The van der Waals surface area contributed by atoms with Crippen molar-refractivity contribution in [1.82, 2.24) is 15.0 Å². The predicted octanol–water partition coefficient (Wildman–Crippen LogP) is 1.43. The van der Waals surface area contributed by atoms with Crippen molar-refractivity contribution < 1.29 is 0 Å². The summed E-state index contributed by atoms with van der Waals surface area (Å²) < 4.78 is 0. The molecule has 0 amide bonds. The van der Waals surface area contributed by atoms with E-state index in [2.05, 4.69) is 19.9 Å². The molecule has 2 aromatic rings. The second kappa shape index (κ2) is 3.89. The molecule has 1 aliphatic rings. The standard InChI is InChI=1S/C12H12N4/c1-4-13-5-2-11(1)16-6-3-12-10(8-16)7-14-9-15-12/h1-2,4-5,7,9H,3,6,8H2. The van der Waals surface area contributed by atoms with Crippen molar-refractivity contribution in [3.8, 4) is 0 Å². The zero-order valence-corrected chi connectivity index (χ0v) is 8.87. The molecule has 80 valence electrons. The summed E-state index contributed by atoms with van der Waals surface area (Å²) in [7, 11) is 0. The number of hydrogen-bond acceptors (Lipinski definition) is 4. The molecule has 3 rings (SSSR count). The third-order valence-corrected chi connectivity index (χ3v) is 2.89. The lowest BCUT2D eigenvalue weighted by atomic mass is 10.1. The second-order valence-electron chi connectivity index (χ2n) is 3.87. The van der Waals surface area contributed by atoms with Crippen LogP contribution in [0.2, 0.25) is 0 Å². The van der Waals surface area contributed by atoms with Gasteiger partial charge in [-0.15, -0.1) is 0 Å². The molecule has 16 heavy (non-hydrogen) atoms. The molecule has 3 heterocycles. The summed E-state index contributed by atoms with van der Waals surface area (Å²) in [6, 6.07) is 4.07. The van der Waals surface area contributed by atoms with E-state index in [1.54, 1.807) is 6.33 Å². The van der Waals surface area contributed by atoms with Gasteiger partial charge in [-0.2, -0.15) is 0 Å². The third-order valence-electron chi connectivity index (χ3n) is 2.89. The molecule has 4 nitrogen and oxygen atoms in total. The van der Waals surface area contributed by atoms with E-state index in [0.29, 0.717) is 0 Å². The average Bonchev–Trinajstić information content (AvgIpc) is 2.39. The van der Waals surface area contributed by atoms with Gasteiger partial charge < -0.3 is 4.90 Å². The Morgan fingerprint density at radius 2 is 2.00 bits per heavy atom. The van der Waals surface area contributed by atoms with E-state index >= 15 is 0 Å². The molecule has 1 aliphatic heterocycles. The Labute approximate surface area is 94.0 Å². The lowest BCUT2D eigenvalue weighted by Gasteiger charge is -2.29. The first kappa shape index (κ1) is 9.27. The molecule has 0 fully saturated rings. The van der Waals surface area contributed by atoms with Crippen LogP contribution in [0, 0.1) is 0 Å². The molecule has 0 spiro atoms. The first-order chi connectivity index (χ1) is 7.93. The number of rotatable bonds is 1. The minimum absolute atomic E-state index is 0.889. The fourth-order valence-electron chi connectivity index (χ4n) is 2.04. The van der Waals surface area contributed by atoms with Crippen molar-refractivity contribution in [2.24, 2.45) is 0 Å². The first-order valence-corrected chi connectivity index (χ1v) is 5.36. The van der Waals surface area contributed by atoms with E-state index in [1.807, 2.05) is 30.7 Å². The van der Waals surface area contributed by atoms with Crippen LogP contribution in [0.1, 0.15) is 11.3 Å². The van der Waals surface area contributed by atoms with Crippen molar-refractivity contribution in [3.05, 3.63) is 48.3 Å². The Balaban J connectivity index is 1.89. The fraction of sp³-hybridized carbons (Fsp3) is 0.250. The van der Waals surface area contributed by atoms with Crippen LogP contribution in [0.5, 0.6) is 0 Å². The van der Waals surface area contributed by atoms with Crippen LogP contribution in [-0.4, -0.2) is 21.5 Å². The van der Waals surface area contributed by atoms with Crippen molar-refractivity contribution >= 4 is 5.69 Å². The summed E-state index contributed by atoms with van der Waals surface area (Å²) in [4.78, 5) is 14.7. The first-order valence-electron chi connectivity index (χ1n) is 5.36. The summed E-state index contributed by atoms with van der Waals surface area (Å²) in [5.41, 5.74) is 3.62.